The fourth-order valence-corrected chi connectivity index (χ4v) is 3.29. The molecule has 1 aliphatic rings. The second-order valence-electron chi connectivity index (χ2n) is 7.18. The number of amidine groups is 1. The second kappa shape index (κ2) is 8.92. The number of halogens is 6. The molecule has 1 saturated heterocycles. The number of benzene rings is 2. The lowest BCUT2D eigenvalue weighted by Gasteiger charge is -2.17. The number of alkyl halides is 6. The van der Waals surface area contributed by atoms with Crippen molar-refractivity contribution in [3.63, 3.8) is 0 Å². The van der Waals surface area contributed by atoms with Crippen molar-refractivity contribution in [1.82, 2.24) is 9.80 Å². The molecule has 0 atom stereocenters. The van der Waals surface area contributed by atoms with Crippen LogP contribution in [0.25, 0.3) is 6.08 Å². The first kappa shape index (κ1) is 24.9. The molecule has 1 N–H and O–H groups in total. The highest BCUT2D eigenvalue weighted by Crippen LogP contribution is 2.43. The van der Waals surface area contributed by atoms with Crippen LogP contribution in [0.5, 0.6) is 17.2 Å². The maximum absolute atomic E-state index is 13.4. The van der Waals surface area contributed by atoms with Gasteiger partial charge < -0.3 is 9.47 Å². The minimum atomic E-state index is -5.10. The van der Waals surface area contributed by atoms with Crippen molar-refractivity contribution >= 4 is 17.9 Å². The van der Waals surface area contributed by atoms with Crippen LogP contribution < -0.4 is 9.47 Å². The van der Waals surface area contributed by atoms with E-state index in [4.69, 9.17) is 14.9 Å². The number of ether oxygens (including phenoxy) is 2. The molecule has 34 heavy (non-hydrogen) atoms. The molecule has 2 amide bonds. The molecule has 3 rings (SSSR count). The molecule has 0 saturated carbocycles. The lowest BCUT2D eigenvalue weighted by Crippen LogP contribution is -2.30. The zero-order chi connectivity index (χ0) is 25.4. The van der Waals surface area contributed by atoms with Crippen LogP contribution in [0.2, 0.25) is 0 Å². The lowest BCUT2D eigenvalue weighted by molar-refractivity contribution is -0.143. The Hall–Kier alpha value is -3.70. The zero-order valence-electron chi connectivity index (χ0n) is 18.1. The fourth-order valence-electron chi connectivity index (χ4n) is 3.29. The van der Waals surface area contributed by atoms with Gasteiger partial charge in [-0.1, -0.05) is 6.07 Å². The summed E-state index contributed by atoms with van der Waals surface area (Å²) in [5, 5.41) is 8.16. The molecule has 0 bridgehead atoms. The quantitative estimate of drug-likeness (QED) is 0.509. The number of hydrogen-bond donors (Lipinski definition) is 1. The van der Waals surface area contributed by atoms with Gasteiger partial charge in [-0.05, 0) is 48.9 Å². The van der Waals surface area contributed by atoms with Gasteiger partial charge in [0, 0.05) is 13.6 Å². The third-order valence-corrected chi connectivity index (χ3v) is 5.03. The second-order valence-corrected chi connectivity index (χ2v) is 7.18. The van der Waals surface area contributed by atoms with Crippen LogP contribution in [-0.4, -0.2) is 42.4 Å². The molecule has 0 unspecified atom stereocenters. The number of rotatable bonds is 5. The molecule has 0 aromatic heterocycles. The monoisotopic (exact) mass is 487 g/mol. The van der Waals surface area contributed by atoms with E-state index in [2.05, 4.69) is 0 Å². The van der Waals surface area contributed by atoms with Crippen molar-refractivity contribution in [2.45, 2.75) is 19.3 Å². The first-order valence-corrected chi connectivity index (χ1v) is 9.78. The number of nitrogens with one attached hydrogen (secondary N) is 1. The van der Waals surface area contributed by atoms with E-state index in [1.165, 1.54) is 48.2 Å². The standard InChI is InChI=1S/C22H19F6N3O3/c1-4-31-19(29)15(30(2)20(31)32)9-12-5-7-17(18(10-12)33-3)34-16-8-6-13(21(23,24)25)11-14(16)22(26,27)28/h5-11,29H,4H2,1-3H3. The number of amides is 2. The summed E-state index contributed by atoms with van der Waals surface area (Å²) >= 11 is 0. The Bertz CT molecular complexity index is 1160. The van der Waals surface area contributed by atoms with Gasteiger partial charge in [-0.3, -0.25) is 15.2 Å². The first-order valence-electron chi connectivity index (χ1n) is 9.78. The summed E-state index contributed by atoms with van der Waals surface area (Å²) < 4.78 is 89.4. The van der Waals surface area contributed by atoms with E-state index in [1.807, 2.05) is 0 Å². The van der Waals surface area contributed by atoms with E-state index < -0.39 is 29.2 Å². The maximum atomic E-state index is 13.4. The van der Waals surface area contributed by atoms with E-state index in [9.17, 15) is 31.1 Å². The summed E-state index contributed by atoms with van der Waals surface area (Å²) in [7, 11) is 2.74. The summed E-state index contributed by atoms with van der Waals surface area (Å²) in [4.78, 5) is 14.7. The van der Waals surface area contributed by atoms with E-state index in [0.717, 1.165) is 0 Å². The number of carbonyl (C=O) groups excluding carboxylic acids is 1. The molecular formula is C22H19F6N3O3. The summed E-state index contributed by atoms with van der Waals surface area (Å²) in [6.45, 7) is 2.01. The normalized spacial score (nSPS) is 16.0. The summed E-state index contributed by atoms with van der Waals surface area (Å²) in [5.74, 6) is -1.02. The predicted molar refractivity (Wildman–Crippen MR) is 111 cm³/mol. The molecule has 2 aromatic carbocycles. The average molecular weight is 487 g/mol. The lowest BCUT2D eigenvalue weighted by atomic mass is 10.1. The SMILES string of the molecule is CCN1C(=N)C(=Cc2ccc(Oc3ccc(C(F)(F)F)cc3C(F)(F)F)c(OC)c2)N(C)C1=O. The molecule has 0 radical (unpaired) electrons. The van der Waals surface area contributed by atoms with Gasteiger partial charge in [-0.15, -0.1) is 0 Å². The topological polar surface area (TPSA) is 65.9 Å². The molecule has 182 valence electrons. The van der Waals surface area contributed by atoms with Crippen molar-refractivity contribution in [2.75, 3.05) is 20.7 Å². The number of likely N-dealkylation sites (N-methyl/N-ethyl adjacent to an activating group) is 2. The van der Waals surface area contributed by atoms with Gasteiger partial charge in [0.1, 0.15) is 5.75 Å². The van der Waals surface area contributed by atoms with Gasteiger partial charge in [0.25, 0.3) is 0 Å². The number of methoxy groups -OCH3 is 1. The third-order valence-electron chi connectivity index (χ3n) is 5.03. The highest BCUT2D eigenvalue weighted by atomic mass is 19.4. The zero-order valence-corrected chi connectivity index (χ0v) is 18.1. The minimum Gasteiger partial charge on any atom is -0.493 e. The number of hydrogen-bond acceptors (Lipinski definition) is 4. The first-order chi connectivity index (χ1) is 15.8. The largest absolute Gasteiger partial charge is 0.493 e. The Balaban J connectivity index is 1.98. The van der Waals surface area contributed by atoms with Crippen LogP contribution in [0.15, 0.2) is 42.1 Å². The Morgan fingerprint density at radius 2 is 1.62 bits per heavy atom. The van der Waals surface area contributed by atoms with Crippen LogP contribution in [0.3, 0.4) is 0 Å². The van der Waals surface area contributed by atoms with E-state index >= 15 is 0 Å². The molecular weight excluding hydrogens is 468 g/mol. The van der Waals surface area contributed by atoms with Crippen molar-refractivity contribution in [3.05, 3.63) is 58.8 Å². The maximum Gasteiger partial charge on any atom is 0.420 e. The number of carbonyl (C=O) groups is 1. The summed E-state index contributed by atoms with van der Waals surface area (Å²) in [5.41, 5.74) is -2.30. The van der Waals surface area contributed by atoms with Crippen LogP contribution >= 0.6 is 0 Å². The highest BCUT2D eigenvalue weighted by Gasteiger charge is 2.39. The molecule has 6 nitrogen and oxygen atoms in total. The molecule has 0 spiro atoms. The Labute approximate surface area is 190 Å². The molecule has 2 aromatic rings. The van der Waals surface area contributed by atoms with Crippen LogP contribution in [-0.2, 0) is 12.4 Å². The Morgan fingerprint density at radius 3 is 2.15 bits per heavy atom. The predicted octanol–water partition coefficient (Wildman–Crippen LogP) is 6.23. The van der Waals surface area contributed by atoms with E-state index in [1.54, 1.807) is 6.92 Å². The van der Waals surface area contributed by atoms with E-state index in [-0.39, 0.29) is 29.4 Å². The Morgan fingerprint density at radius 1 is 0.971 bits per heavy atom. The van der Waals surface area contributed by atoms with Crippen LogP contribution in [0, 0.1) is 5.41 Å². The van der Waals surface area contributed by atoms with Crippen molar-refractivity contribution in [3.8, 4) is 17.2 Å². The molecule has 1 fully saturated rings. The van der Waals surface area contributed by atoms with Crippen LogP contribution in [0.4, 0.5) is 31.1 Å². The highest BCUT2D eigenvalue weighted by molar-refractivity contribution is 6.15. The third kappa shape index (κ3) is 4.80. The minimum absolute atomic E-state index is 0.00627. The van der Waals surface area contributed by atoms with Gasteiger partial charge >= 0.3 is 18.4 Å². The average Bonchev–Trinajstić information content (AvgIpc) is 2.96. The molecule has 1 heterocycles. The van der Waals surface area contributed by atoms with Crippen LogP contribution in [0.1, 0.15) is 23.6 Å². The summed E-state index contributed by atoms with van der Waals surface area (Å²) in [6, 6.07) is 4.82. The number of nitrogens with zero attached hydrogens (tertiary/aromatic N) is 2. The van der Waals surface area contributed by atoms with Gasteiger partial charge in [-0.25, -0.2) is 4.79 Å². The van der Waals surface area contributed by atoms with Crippen molar-refractivity contribution in [2.24, 2.45) is 0 Å². The van der Waals surface area contributed by atoms with Gasteiger partial charge in [-0.2, -0.15) is 26.3 Å². The van der Waals surface area contributed by atoms with Crippen molar-refractivity contribution < 1.29 is 40.6 Å². The fraction of sp³-hybridized carbons (Fsp3) is 0.273. The van der Waals surface area contributed by atoms with Gasteiger partial charge in [0.15, 0.2) is 17.3 Å². The molecule has 12 heteroatoms. The van der Waals surface area contributed by atoms with Crippen molar-refractivity contribution in [1.29, 1.82) is 5.41 Å². The summed E-state index contributed by atoms with van der Waals surface area (Å²) in [6.07, 6.45) is -8.54. The Kier molecular flexibility index (Phi) is 6.54. The van der Waals surface area contributed by atoms with Gasteiger partial charge in [0.05, 0.1) is 23.9 Å². The smallest absolute Gasteiger partial charge is 0.420 e. The van der Waals surface area contributed by atoms with E-state index in [0.29, 0.717) is 29.9 Å². The van der Waals surface area contributed by atoms with Gasteiger partial charge in [0.2, 0.25) is 0 Å². The number of urea groups is 1. The molecule has 1 aliphatic heterocycles. The molecule has 0 aliphatic carbocycles.